The Morgan fingerprint density at radius 3 is 2.71 bits per heavy atom. The molecule has 0 aromatic heterocycles. The largest absolute Gasteiger partial charge is 0.390 e. The van der Waals surface area contributed by atoms with Gasteiger partial charge in [0.1, 0.15) is 0 Å². The van der Waals surface area contributed by atoms with Crippen molar-refractivity contribution in [2.75, 3.05) is 13.2 Å². The van der Waals surface area contributed by atoms with E-state index < -0.39 is 0 Å². The fourth-order valence-electron chi connectivity index (χ4n) is 1.83. The molecule has 0 spiro atoms. The molecule has 3 nitrogen and oxygen atoms in total. The zero-order chi connectivity index (χ0) is 10.4. The van der Waals surface area contributed by atoms with Gasteiger partial charge in [0.25, 0.3) is 0 Å². The predicted molar refractivity (Wildman–Crippen MR) is 57.4 cm³/mol. The molecule has 0 bridgehead atoms. The van der Waals surface area contributed by atoms with Gasteiger partial charge in [-0.15, -0.1) is 0 Å². The third-order valence-corrected chi connectivity index (χ3v) is 2.65. The quantitative estimate of drug-likeness (QED) is 0.659. The summed E-state index contributed by atoms with van der Waals surface area (Å²) in [6.45, 7) is 5.83. The van der Waals surface area contributed by atoms with E-state index in [1.807, 2.05) is 0 Å². The van der Waals surface area contributed by atoms with Crippen molar-refractivity contribution >= 4 is 0 Å². The molecule has 3 heteroatoms. The van der Waals surface area contributed by atoms with Crippen LogP contribution < -0.4 is 5.32 Å². The average molecular weight is 201 g/mol. The standard InChI is InChI=1S/C11H23NO2/c1-9(2)12-7-8-14-11-6-4-3-5-10(11)13/h9-13H,3-8H2,1-2H3. The van der Waals surface area contributed by atoms with Crippen LogP contribution in [0.4, 0.5) is 0 Å². The van der Waals surface area contributed by atoms with Crippen LogP contribution in [0.3, 0.4) is 0 Å². The summed E-state index contributed by atoms with van der Waals surface area (Å²) in [5.74, 6) is 0. The van der Waals surface area contributed by atoms with Crippen LogP contribution in [0.2, 0.25) is 0 Å². The van der Waals surface area contributed by atoms with Gasteiger partial charge in [0, 0.05) is 12.6 Å². The van der Waals surface area contributed by atoms with Gasteiger partial charge in [0.2, 0.25) is 0 Å². The molecule has 0 amide bonds. The van der Waals surface area contributed by atoms with Crippen molar-refractivity contribution in [3.63, 3.8) is 0 Å². The van der Waals surface area contributed by atoms with Crippen molar-refractivity contribution in [3.05, 3.63) is 0 Å². The zero-order valence-corrected chi connectivity index (χ0v) is 9.33. The van der Waals surface area contributed by atoms with Gasteiger partial charge in [-0.25, -0.2) is 0 Å². The fraction of sp³-hybridized carbons (Fsp3) is 1.00. The first kappa shape index (κ1) is 12.0. The van der Waals surface area contributed by atoms with E-state index >= 15 is 0 Å². The summed E-state index contributed by atoms with van der Waals surface area (Å²) < 4.78 is 5.63. The molecule has 84 valence electrons. The van der Waals surface area contributed by atoms with Gasteiger partial charge in [-0.2, -0.15) is 0 Å². The van der Waals surface area contributed by atoms with Crippen molar-refractivity contribution in [1.82, 2.24) is 5.32 Å². The summed E-state index contributed by atoms with van der Waals surface area (Å²) in [5.41, 5.74) is 0. The molecular formula is C11H23NO2. The molecule has 14 heavy (non-hydrogen) atoms. The second-order valence-corrected chi connectivity index (χ2v) is 4.37. The maximum Gasteiger partial charge on any atom is 0.0834 e. The first-order valence-electron chi connectivity index (χ1n) is 5.73. The first-order valence-corrected chi connectivity index (χ1v) is 5.73. The second-order valence-electron chi connectivity index (χ2n) is 4.37. The molecule has 0 aromatic rings. The average Bonchev–Trinajstić information content (AvgIpc) is 2.15. The lowest BCUT2D eigenvalue weighted by Crippen LogP contribution is -2.35. The number of aliphatic hydroxyl groups is 1. The minimum Gasteiger partial charge on any atom is -0.390 e. The van der Waals surface area contributed by atoms with Crippen molar-refractivity contribution < 1.29 is 9.84 Å². The Labute approximate surface area is 86.8 Å². The minimum atomic E-state index is -0.234. The monoisotopic (exact) mass is 201 g/mol. The highest BCUT2D eigenvalue weighted by atomic mass is 16.5. The maximum absolute atomic E-state index is 9.63. The molecule has 1 fully saturated rings. The van der Waals surface area contributed by atoms with Crippen molar-refractivity contribution in [2.24, 2.45) is 0 Å². The molecule has 0 aliphatic heterocycles. The lowest BCUT2D eigenvalue weighted by molar-refractivity contribution is -0.0574. The normalized spacial score (nSPS) is 28.3. The van der Waals surface area contributed by atoms with Gasteiger partial charge < -0.3 is 15.2 Å². The fourth-order valence-corrected chi connectivity index (χ4v) is 1.83. The second kappa shape index (κ2) is 6.38. The Balaban J connectivity index is 2.04. The third kappa shape index (κ3) is 4.40. The minimum absolute atomic E-state index is 0.0812. The van der Waals surface area contributed by atoms with Gasteiger partial charge in [0.15, 0.2) is 0 Å². The van der Waals surface area contributed by atoms with Crippen LogP contribution >= 0.6 is 0 Å². The Hall–Kier alpha value is -0.120. The summed E-state index contributed by atoms with van der Waals surface area (Å²) in [6.07, 6.45) is 4.11. The molecule has 1 aliphatic carbocycles. The van der Waals surface area contributed by atoms with Crippen molar-refractivity contribution in [1.29, 1.82) is 0 Å². The summed E-state index contributed by atoms with van der Waals surface area (Å²) in [7, 11) is 0. The summed E-state index contributed by atoms with van der Waals surface area (Å²) in [6, 6.07) is 0.509. The Bertz CT molecular complexity index is 150. The number of hydrogen-bond acceptors (Lipinski definition) is 3. The van der Waals surface area contributed by atoms with E-state index in [-0.39, 0.29) is 12.2 Å². The van der Waals surface area contributed by atoms with E-state index in [0.717, 1.165) is 25.8 Å². The van der Waals surface area contributed by atoms with E-state index in [4.69, 9.17) is 4.74 Å². The highest BCUT2D eigenvalue weighted by Crippen LogP contribution is 2.20. The molecule has 0 heterocycles. The van der Waals surface area contributed by atoms with Crippen LogP contribution in [0.15, 0.2) is 0 Å². The topological polar surface area (TPSA) is 41.5 Å². The number of aliphatic hydroxyl groups excluding tert-OH is 1. The van der Waals surface area contributed by atoms with E-state index in [0.29, 0.717) is 12.6 Å². The molecule has 0 radical (unpaired) electrons. The number of ether oxygens (including phenoxy) is 1. The highest BCUT2D eigenvalue weighted by Gasteiger charge is 2.23. The lowest BCUT2D eigenvalue weighted by Gasteiger charge is -2.27. The molecule has 2 unspecified atom stereocenters. The highest BCUT2D eigenvalue weighted by molar-refractivity contribution is 4.74. The molecular weight excluding hydrogens is 178 g/mol. The predicted octanol–water partition coefficient (Wildman–Crippen LogP) is 1.30. The molecule has 1 aliphatic rings. The lowest BCUT2D eigenvalue weighted by atomic mass is 9.95. The van der Waals surface area contributed by atoms with Crippen LogP contribution in [0.5, 0.6) is 0 Å². The molecule has 0 saturated heterocycles. The van der Waals surface area contributed by atoms with Gasteiger partial charge in [0.05, 0.1) is 18.8 Å². The van der Waals surface area contributed by atoms with E-state index in [2.05, 4.69) is 19.2 Å². The van der Waals surface area contributed by atoms with Crippen molar-refractivity contribution in [3.8, 4) is 0 Å². The maximum atomic E-state index is 9.63. The Kier molecular flexibility index (Phi) is 5.45. The van der Waals surface area contributed by atoms with E-state index in [1.165, 1.54) is 6.42 Å². The molecule has 2 N–H and O–H groups in total. The van der Waals surface area contributed by atoms with Crippen LogP contribution in [0.25, 0.3) is 0 Å². The molecule has 2 atom stereocenters. The molecule has 1 saturated carbocycles. The first-order chi connectivity index (χ1) is 6.70. The number of rotatable bonds is 5. The van der Waals surface area contributed by atoms with E-state index in [1.54, 1.807) is 0 Å². The van der Waals surface area contributed by atoms with Crippen LogP contribution in [0, 0.1) is 0 Å². The third-order valence-electron chi connectivity index (χ3n) is 2.65. The van der Waals surface area contributed by atoms with Crippen LogP contribution in [0.1, 0.15) is 39.5 Å². The number of nitrogens with one attached hydrogen (secondary N) is 1. The van der Waals surface area contributed by atoms with Gasteiger partial charge in [-0.3, -0.25) is 0 Å². The van der Waals surface area contributed by atoms with E-state index in [9.17, 15) is 5.11 Å². The SMILES string of the molecule is CC(C)NCCOC1CCCCC1O. The zero-order valence-electron chi connectivity index (χ0n) is 9.33. The van der Waals surface area contributed by atoms with Crippen LogP contribution in [-0.4, -0.2) is 36.5 Å². The summed E-state index contributed by atoms with van der Waals surface area (Å²) >= 11 is 0. The Morgan fingerprint density at radius 1 is 1.36 bits per heavy atom. The van der Waals surface area contributed by atoms with Crippen LogP contribution in [-0.2, 0) is 4.74 Å². The van der Waals surface area contributed by atoms with Gasteiger partial charge in [-0.1, -0.05) is 26.7 Å². The smallest absolute Gasteiger partial charge is 0.0834 e. The molecule has 0 aromatic carbocycles. The summed E-state index contributed by atoms with van der Waals surface area (Å²) in [4.78, 5) is 0. The summed E-state index contributed by atoms with van der Waals surface area (Å²) in [5, 5.41) is 12.9. The number of hydrogen-bond donors (Lipinski definition) is 2. The van der Waals surface area contributed by atoms with Gasteiger partial charge >= 0.3 is 0 Å². The van der Waals surface area contributed by atoms with Crippen molar-refractivity contribution in [2.45, 2.75) is 57.8 Å². The molecule has 1 rings (SSSR count). The van der Waals surface area contributed by atoms with Gasteiger partial charge in [-0.05, 0) is 12.8 Å². The Morgan fingerprint density at radius 2 is 2.07 bits per heavy atom.